The van der Waals surface area contributed by atoms with E-state index in [0.717, 1.165) is 18.4 Å². The van der Waals surface area contributed by atoms with Crippen molar-refractivity contribution in [1.29, 1.82) is 0 Å². The molecule has 3 fully saturated rings. The Kier molecular flexibility index (Phi) is 4.32. The van der Waals surface area contributed by atoms with Gasteiger partial charge >= 0.3 is 0 Å². The maximum Gasteiger partial charge on any atom is 0.254 e. The van der Waals surface area contributed by atoms with Crippen LogP contribution in [0.3, 0.4) is 0 Å². The van der Waals surface area contributed by atoms with Gasteiger partial charge in [0.2, 0.25) is 5.91 Å². The second-order valence-corrected chi connectivity index (χ2v) is 8.78. The summed E-state index contributed by atoms with van der Waals surface area (Å²) in [4.78, 5) is 29.0. The van der Waals surface area contributed by atoms with Crippen molar-refractivity contribution in [3.8, 4) is 0 Å². The number of nitrogens with zero attached hydrogens (tertiary/aromatic N) is 4. The fourth-order valence-corrected chi connectivity index (χ4v) is 5.35. The molecule has 0 saturated carbocycles. The second-order valence-electron chi connectivity index (χ2n) is 8.78. The largest absolute Gasteiger partial charge is 0.369 e. The quantitative estimate of drug-likeness (QED) is 0.749. The fourth-order valence-electron chi connectivity index (χ4n) is 5.35. The summed E-state index contributed by atoms with van der Waals surface area (Å²) in [7, 11) is 3.76. The molecule has 1 spiro atoms. The van der Waals surface area contributed by atoms with E-state index in [1.807, 2.05) is 30.0 Å². The van der Waals surface area contributed by atoms with Crippen LogP contribution in [-0.4, -0.2) is 89.0 Å². The molecule has 29 heavy (non-hydrogen) atoms. The number of carbonyl (C=O) groups excluding carboxylic acids is 2. The van der Waals surface area contributed by atoms with E-state index in [2.05, 4.69) is 20.7 Å². The van der Waals surface area contributed by atoms with Crippen LogP contribution in [0.4, 0.5) is 0 Å². The molecule has 5 rings (SSSR count). The third-order valence-electron chi connectivity index (χ3n) is 6.63. The zero-order valence-corrected chi connectivity index (χ0v) is 16.7. The van der Waals surface area contributed by atoms with Crippen LogP contribution in [0.5, 0.6) is 0 Å². The van der Waals surface area contributed by atoms with Gasteiger partial charge in [0.15, 0.2) is 0 Å². The molecule has 0 radical (unpaired) electrons. The zero-order valence-electron chi connectivity index (χ0n) is 16.7. The number of hydrogen-bond acceptors (Lipinski definition) is 6. The highest BCUT2D eigenvalue weighted by molar-refractivity contribution is 5.97. The standard InChI is InChI=1S/C20H26N6O3/c1-25(2)10-18(27)21-8-13-14-9-26(11-20(14)6-5-17(13)29-20)19(28)12-3-4-15-16(7-12)23-24-22-15/h3-4,7,13-14,17H,5-6,8-11H2,1-2H3,(H,21,27)(H,22,23,24)/t13-,14+,17+,20+/m0/s1. The van der Waals surface area contributed by atoms with Gasteiger partial charge in [0.1, 0.15) is 11.0 Å². The topological polar surface area (TPSA) is 103 Å². The molecule has 2 amide bonds. The van der Waals surface area contributed by atoms with E-state index in [1.54, 1.807) is 12.1 Å². The van der Waals surface area contributed by atoms with Crippen molar-refractivity contribution in [3.63, 3.8) is 0 Å². The number of fused-ring (bicyclic) bond motifs is 2. The predicted molar refractivity (Wildman–Crippen MR) is 105 cm³/mol. The van der Waals surface area contributed by atoms with E-state index in [9.17, 15) is 9.59 Å². The highest BCUT2D eigenvalue weighted by Gasteiger charge is 2.63. The molecule has 3 aliphatic rings. The van der Waals surface area contributed by atoms with Gasteiger partial charge in [0, 0.05) is 30.5 Å². The lowest BCUT2D eigenvalue weighted by Crippen LogP contribution is -2.43. The van der Waals surface area contributed by atoms with Gasteiger partial charge in [-0.1, -0.05) is 0 Å². The highest BCUT2D eigenvalue weighted by Crippen LogP contribution is 2.54. The Morgan fingerprint density at radius 3 is 3.00 bits per heavy atom. The molecule has 3 saturated heterocycles. The summed E-state index contributed by atoms with van der Waals surface area (Å²) in [5.41, 5.74) is 1.80. The van der Waals surface area contributed by atoms with E-state index < -0.39 is 0 Å². The molecule has 1 aromatic heterocycles. The first-order valence-electron chi connectivity index (χ1n) is 10.1. The highest BCUT2D eigenvalue weighted by atomic mass is 16.5. The second kappa shape index (κ2) is 6.77. The summed E-state index contributed by atoms with van der Waals surface area (Å²) in [6.07, 6.45) is 2.16. The molecule has 2 aromatic rings. The van der Waals surface area contributed by atoms with Crippen molar-refractivity contribution < 1.29 is 14.3 Å². The number of carbonyl (C=O) groups is 2. The first kappa shape index (κ1) is 18.5. The number of aromatic nitrogens is 3. The number of ether oxygens (including phenoxy) is 1. The van der Waals surface area contributed by atoms with Gasteiger partial charge in [-0.3, -0.25) is 9.59 Å². The normalized spacial score (nSPS) is 30.3. The minimum absolute atomic E-state index is 0.00104. The van der Waals surface area contributed by atoms with Gasteiger partial charge in [-0.25, -0.2) is 0 Å². The minimum Gasteiger partial charge on any atom is -0.369 e. The molecule has 9 heteroatoms. The van der Waals surface area contributed by atoms with Crippen LogP contribution in [0, 0.1) is 11.8 Å². The number of H-pyrrole nitrogens is 1. The fraction of sp³-hybridized carbons (Fsp3) is 0.600. The van der Waals surface area contributed by atoms with Gasteiger partial charge in [0.05, 0.1) is 24.8 Å². The molecule has 4 atom stereocenters. The Morgan fingerprint density at radius 1 is 1.34 bits per heavy atom. The molecule has 2 bridgehead atoms. The molecule has 9 nitrogen and oxygen atoms in total. The maximum absolute atomic E-state index is 13.1. The van der Waals surface area contributed by atoms with Crippen LogP contribution >= 0.6 is 0 Å². The SMILES string of the molecule is CN(C)CC(=O)NC[C@H]1[C@H]2CN(C(=O)c3ccc4n[nH]nc4c3)C[C@]23CC[C@H]1O3. The third kappa shape index (κ3) is 3.08. The number of nitrogens with one attached hydrogen (secondary N) is 2. The van der Waals surface area contributed by atoms with Crippen LogP contribution < -0.4 is 5.32 Å². The summed E-state index contributed by atoms with van der Waals surface area (Å²) in [5, 5.41) is 13.8. The first-order chi connectivity index (χ1) is 13.9. The minimum atomic E-state index is -0.255. The Morgan fingerprint density at radius 2 is 2.17 bits per heavy atom. The third-order valence-corrected chi connectivity index (χ3v) is 6.63. The maximum atomic E-state index is 13.1. The molecule has 0 aliphatic carbocycles. The number of amides is 2. The van der Waals surface area contributed by atoms with Crippen molar-refractivity contribution in [2.24, 2.45) is 11.8 Å². The van der Waals surface area contributed by atoms with E-state index >= 15 is 0 Å². The van der Waals surface area contributed by atoms with Gasteiger partial charge in [-0.15, -0.1) is 0 Å². The van der Waals surface area contributed by atoms with Crippen molar-refractivity contribution in [1.82, 2.24) is 30.5 Å². The molecule has 154 valence electrons. The monoisotopic (exact) mass is 398 g/mol. The molecule has 4 heterocycles. The van der Waals surface area contributed by atoms with Gasteiger partial charge in [-0.05, 0) is 45.1 Å². The van der Waals surface area contributed by atoms with Crippen LogP contribution in [0.15, 0.2) is 18.2 Å². The van der Waals surface area contributed by atoms with E-state index in [-0.39, 0.29) is 35.4 Å². The Bertz CT molecular complexity index is 959. The van der Waals surface area contributed by atoms with Crippen LogP contribution in [0.1, 0.15) is 23.2 Å². The number of aromatic amines is 1. The molecule has 0 unspecified atom stereocenters. The summed E-state index contributed by atoms with van der Waals surface area (Å²) < 4.78 is 6.40. The van der Waals surface area contributed by atoms with E-state index in [1.165, 1.54) is 0 Å². The lowest BCUT2D eigenvalue weighted by molar-refractivity contribution is -0.122. The Labute approximate surface area is 168 Å². The van der Waals surface area contributed by atoms with Crippen LogP contribution in [0.25, 0.3) is 11.0 Å². The molecular formula is C20H26N6O3. The summed E-state index contributed by atoms with van der Waals surface area (Å²) in [5.74, 6) is 0.547. The average Bonchev–Trinajstić information content (AvgIpc) is 3.43. The number of benzene rings is 1. The van der Waals surface area contributed by atoms with Crippen molar-refractivity contribution in [3.05, 3.63) is 23.8 Å². The van der Waals surface area contributed by atoms with E-state index in [4.69, 9.17) is 4.74 Å². The van der Waals surface area contributed by atoms with Crippen molar-refractivity contribution in [2.75, 3.05) is 40.3 Å². The molecule has 2 N–H and O–H groups in total. The number of likely N-dealkylation sites (N-methyl/N-ethyl adjacent to an activating group) is 1. The summed E-state index contributed by atoms with van der Waals surface area (Å²) >= 11 is 0. The number of rotatable bonds is 5. The van der Waals surface area contributed by atoms with Crippen LogP contribution in [0.2, 0.25) is 0 Å². The van der Waals surface area contributed by atoms with E-state index in [0.29, 0.717) is 37.3 Å². The average molecular weight is 398 g/mol. The van der Waals surface area contributed by atoms with Crippen molar-refractivity contribution in [2.45, 2.75) is 24.5 Å². The smallest absolute Gasteiger partial charge is 0.254 e. The number of hydrogen-bond donors (Lipinski definition) is 2. The molecule has 3 aliphatic heterocycles. The summed E-state index contributed by atoms with van der Waals surface area (Å²) in [6, 6.07) is 5.40. The first-order valence-corrected chi connectivity index (χ1v) is 10.1. The Hall–Kier alpha value is -2.52. The van der Waals surface area contributed by atoms with Gasteiger partial charge < -0.3 is 19.9 Å². The van der Waals surface area contributed by atoms with Gasteiger partial charge in [0.25, 0.3) is 5.91 Å². The lowest BCUT2D eigenvalue weighted by Gasteiger charge is -2.29. The Balaban J connectivity index is 1.29. The lowest BCUT2D eigenvalue weighted by atomic mass is 9.73. The van der Waals surface area contributed by atoms with Gasteiger partial charge in [-0.2, -0.15) is 15.4 Å². The molecule has 1 aromatic carbocycles. The van der Waals surface area contributed by atoms with Crippen LogP contribution in [-0.2, 0) is 9.53 Å². The summed E-state index contributed by atoms with van der Waals surface area (Å²) in [6.45, 7) is 2.27. The van der Waals surface area contributed by atoms with Crippen molar-refractivity contribution >= 4 is 22.8 Å². The molecular weight excluding hydrogens is 372 g/mol. The predicted octanol–water partition coefficient (Wildman–Crippen LogP) is 0.255. The zero-order chi connectivity index (χ0) is 20.2. The number of likely N-dealkylation sites (tertiary alicyclic amines) is 1.